The van der Waals surface area contributed by atoms with E-state index in [4.69, 9.17) is 0 Å². The van der Waals surface area contributed by atoms with Crippen LogP contribution in [0.25, 0.3) is 21.5 Å². The quantitative estimate of drug-likeness (QED) is 0.458. The summed E-state index contributed by atoms with van der Waals surface area (Å²) in [4.78, 5) is 0. The maximum absolute atomic E-state index is 9.37. The van der Waals surface area contributed by atoms with Gasteiger partial charge in [0.05, 0.1) is 0 Å². The second kappa shape index (κ2) is 6.25. The van der Waals surface area contributed by atoms with E-state index in [9.17, 15) is 5.11 Å². The van der Waals surface area contributed by atoms with Gasteiger partial charge in [-0.2, -0.15) is 0 Å². The number of phenols is 1. The van der Waals surface area contributed by atoms with Gasteiger partial charge in [0.2, 0.25) is 0 Å². The van der Waals surface area contributed by atoms with Crippen molar-refractivity contribution in [2.75, 3.05) is 11.9 Å². The number of anilines is 1. The highest BCUT2D eigenvalue weighted by Gasteiger charge is 2.11. The Morgan fingerprint density at radius 1 is 0.667 bits per heavy atom. The third-order valence-electron chi connectivity index (χ3n) is 4.48. The van der Waals surface area contributed by atoms with E-state index in [1.54, 1.807) is 6.07 Å². The largest absolute Gasteiger partial charge is 0.507 e. The SMILES string of the molecule is Oc1cccc2ccccc12.c1ccc2c3c(ccc2c1)CCN3. The van der Waals surface area contributed by atoms with Crippen molar-refractivity contribution >= 4 is 27.2 Å². The van der Waals surface area contributed by atoms with Crippen molar-refractivity contribution in [1.29, 1.82) is 0 Å². The first-order valence-corrected chi connectivity index (χ1v) is 8.24. The number of phenolic OH excluding ortho intramolecular Hbond substituents is 1. The Morgan fingerprint density at radius 3 is 2.12 bits per heavy atom. The van der Waals surface area contributed by atoms with Crippen LogP contribution in [0.4, 0.5) is 5.69 Å². The number of rotatable bonds is 0. The fraction of sp³-hybridized carbons (Fsp3) is 0.0909. The molecule has 2 heteroatoms. The van der Waals surface area contributed by atoms with Crippen molar-refractivity contribution < 1.29 is 5.11 Å². The Bertz CT molecular complexity index is 1000. The summed E-state index contributed by atoms with van der Waals surface area (Å²) >= 11 is 0. The molecule has 2 N–H and O–H groups in total. The van der Waals surface area contributed by atoms with Crippen molar-refractivity contribution in [3.05, 3.63) is 84.4 Å². The number of hydrogen-bond donors (Lipinski definition) is 2. The van der Waals surface area contributed by atoms with Crippen LogP contribution >= 0.6 is 0 Å². The molecule has 0 fully saturated rings. The molecule has 0 spiro atoms. The lowest BCUT2D eigenvalue weighted by Crippen LogP contribution is -1.91. The van der Waals surface area contributed by atoms with Crippen LogP contribution in [0.3, 0.4) is 0 Å². The van der Waals surface area contributed by atoms with E-state index in [-0.39, 0.29) is 0 Å². The van der Waals surface area contributed by atoms with Crippen LogP contribution < -0.4 is 5.32 Å². The van der Waals surface area contributed by atoms with E-state index in [0.717, 1.165) is 17.3 Å². The normalized spacial score (nSPS) is 12.3. The van der Waals surface area contributed by atoms with Crippen molar-refractivity contribution in [2.24, 2.45) is 0 Å². The first-order chi connectivity index (χ1) is 11.8. The maximum Gasteiger partial charge on any atom is 0.123 e. The van der Waals surface area contributed by atoms with Gasteiger partial charge in [0.15, 0.2) is 0 Å². The van der Waals surface area contributed by atoms with Gasteiger partial charge in [0.1, 0.15) is 5.75 Å². The van der Waals surface area contributed by atoms with Crippen molar-refractivity contribution in [3.63, 3.8) is 0 Å². The number of nitrogens with one attached hydrogen (secondary N) is 1. The van der Waals surface area contributed by atoms with Gasteiger partial charge in [-0.05, 0) is 28.8 Å². The fourth-order valence-electron chi connectivity index (χ4n) is 3.26. The molecule has 0 amide bonds. The van der Waals surface area contributed by atoms with Crippen LogP contribution in [0.1, 0.15) is 5.56 Å². The summed E-state index contributed by atoms with van der Waals surface area (Å²) in [5.41, 5.74) is 2.80. The first-order valence-electron chi connectivity index (χ1n) is 8.24. The number of fused-ring (bicyclic) bond motifs is 4. The Hall–Kier alpha value is -3.00. The molecule has 1 aliphatic heterocycles. The molecule has 0 saturated carbocycles. The third-order valence-corrected chi connectivity index (χ3v) is 4.48. The van der Waals surface area contributed by atoms with Gasteiger partial charge < -0.3 is 10.4 Å². The zero-order valence-electron chi connectivity index (χ0n) is 13.4. The predicted octanol–water partition coefficient (Wildman–Crippen LogP) is 5.35. The van der Waals surface area contributed by atoms with Gasteiger partial charge in [-0.25, -0.2) is 0 Å². The molecule has 118 valence electrons. The highest BCUT2D eigenvalue weighted by atomic mass is 16.3. The molecule has 24 heavy (non-hydrogen) atoms. The van der Waals surface area contributed by atoms with Crippen LogP contribution in [-0.2, 0) is 6.42 Å². The van der Waals surface area contributed by atoms with Gasteiger partial charge in [0.25, 0.3) is 0 Å². The molecule has 0 radical (unpaired) electrons. The molecule has 5 rings (SSSR count). The van der Waals surface area contributed by atoms with Crippen LogP contribution in [0.5, 0.6) is 5.75 Å². The molecule has 4 aromatic rings. The highest BCUT2D eigenvalue weighted by molar-refractivity contribution is 5.96. The average Bonchev–Trinajstić information content (AvgIpc) is 3.12. The van der Waals surface area contributed by atoms with Gasteiger partial charge in [-0.3, -0.25) is 0 Å². The lowest BCUT2D eigenvalue weighted by Gasteiger charge is -2.04. The topological polar surface area (TPSA) is 32.3 Å². The van der Waals surface area contributed by atoms with Gasteiger partial charge >= 0.3 is 0 Å². The molecule has 0 bridgehead atoms. The minimum absolute atomic E-state index is 0.350. The van der Waals surface area contributed by atoms with Crippen LogP contribution in [0.2, 0.25) is 0 Å². The average molecular weight is 313 g/mol. The summed E-state index contributed by atoms with van der Waals surface area (Å²) < 4.78 is 0. The van der Waals surface area contributed by atoms with Gasteiger partial charge in [-0.15, -0.1) is 0 Å². The van der Waals surface area contributed by atoms with Crippen molar-refractivity contribution in [1.82, 2.24) is 0 Å². The number of aromatic hydroxyl groups is 1. The van der Waals surface area contributed by atoms with E-state index >= 15 is 0 Å². The van der Waals surface area contributed by atoms with E-state index in [0.29, 0.717) is 5.75 Å². The minimum atomic E-state index is 0.350. The molecule has 0 aromatic heterocycles. The van der Waals surface area contributed by atoms with E-state index in [1.807, 2.05) is 36.4 Å². The second-order valence-corrected chi connectivity index (χ2v) is 6.00. The summed E-state index contributed by atoms with van der Waals surface area (Å²) in [6, 6.07) is 26.3. The molecular formula is C22H19NO. The Morgan fingerprint density at radius 2 is 1.33 bits per heavy atom. The maximum atomic E-state index is 9.37. The number of benzene rings is 4. The molecular weight excluding hydrogens is 294 g/mol. The zero-order chi connectivity index (χ0) is 16.4. The Kier molecular flexibility index (Phi) is 3.80. The second-order valence-electron chi connectivity index (χ2n) is 6.00. The third kappa shape index (κ3) is 2.67. The van der Waals surface area contributed by atoms with E-state index < -0.39 is 0 Å². The molecule has 0 saturated heterocycles. The molecule has 4 aromatic carbocycles. The van der Waals surface area contributed by atoms with E-state index in [1.165, 1.54) is 28.4 Å². The Balaban J connectivity index is 0.000000123. The van der Waals surface area contributed by atoms with E-state index in [2.05, 4.69) is 41.7 Å². The van der Waals surface area contributed by atoms with Gasteiger partial charge in [0, 0.05) is 23.0 Å². The first kappa shape index (κ1) is 14.6. The molecule has 1 heterocycles. The molecule has 0 atom stereocenters. The molecule has 2 nitrogen and oxygen atoms in total. The van der Waals surface area contributed by atoms with Crippen molar-refractivity contribution in [3.8, 4) is 5.75 Å². The lowest BCUT2D eigenvalue weighted by molar-refractivity contribution is 0.481. The summed E-state index contributed by atoms with van der Waals surface area (Å²) in [6.07, 6.45) is 1.17. The summed E-state index contributed by atoms with van der Waals surface area (Å²) in [5.74, 6) is 0.350. The highest BCUT2D eigenvalue weighted by Crippen LogP contribution is 2.30. The predicted molar refractivity (Wildman–Crippen MR) is 102 cm³/mol. The minimum Gasteiger partial charge on any atom is -0.507 e. The monoisotopic (exact) mass is 313 g/mol. The standard InChI is InChI=1S/C12H11N.C10H8O/c1-2-4-11-9(3-1)5-6-10-7-8-13-12(10)11;11-10-7-3-5-8-4-1-2-6-9(8)10/h1-6,13H,7-8H2;1-7,11H. The smallest absolute Gasteiger partial charge is 0.123 e. The number of hydrogen-bond acceptors (Lipinski definition) is 2. The van der Waals surface area contributed by atoms with Crippen LogP contribution in [-0.4, -0.2) is 11.7 Å². The molecule has 1 aliphatic rings. The summed E-state index contributed by atoms with van der Waals surface area (Å²) in [7, 11) is 0. The summed E-state index contributed by atoms with van der Waals surface area (Å²) in [5, 5.41) is 17.5. The molecule has 0 aliphatic carbocycles. The van der Waals surface area contributed by atoms with Crippen LogP contribution in [0.15, 0.2) is 78.9 Å². The Labute approximate surface area is 141 Å². The van der Waals surface area contributed by atoms with Crippen molar-refractivity contribution in [2.45, 2.75) is 6.42 Å². The fourth-order valence-corrected chi connectivity index (χ4v) is 3.26. The lowest BCUT2D eigenvalue weighted by atomic mass is 10.0. The van der Waals surface area contributed by atoms with Gasteiger partial charge in [-0.1, -0.05) is 72.8 Å². The zero-order valence-corrected chi connectivity index (χ0v) is 13.4. The summed E-state index contributed by atoms with van der Waals surface area (Å²) in [6.45, 7) is 1.09. The van der Waals surface area contributed by atoms with Crippen LogP contribution in [0, 0.1) is 0 Å². The molecule has 0 unspecified atom stereocenters.